The van der Waals surface area contributed by atoms with E-state index in [9.17, 15) is 14.7 Å². The van der Waals surface area contributed by atoms with E-state index in [1.807, 2.05) is 4.90 Å². The van der Waals surface area contributed by atoms with E-state index in [2.05, 4.69) is 25.6 Å². The minimum atomic E-state index is -1.06. The van der Waals surface area contributed by atoms with Crippen molar-refractivity contribution in [1.29, 1.82) is 0 Å². The Morgan fingerprint density at radius 1 is 1.05 bits per heavy atom. The summed E-state index contributed by atoms with van der Waals surface area (Å²) in [7, 11) is 4.49. The smallest absolute Gasteiger partial charge is 0.347 e. The summed E-state index contributed by atoms with van der Waals surface area (Å²) in [4.78, 5) is 39.9. The highest BCUT2D eigenvalue weighted by molar-refractivity contribution is 7.17. The Hall–Kier alpha value is -4.17. The summed E-state index contributed by atoms with van der Waals surface area (Å²) < 4.78 is 21.5. The molecule has 1 aromatic carbocycles. The van der Waals surface area contributed by atoms with Gasteiger partial charge in [-0.05, 0) is 6.92 Å². The van der Waals surface area contributed by atoms with Crippen LogP contribution in [0.5, 0.6) is 17.2 Å². The molecular formula is C24H28N6O7S. The maximum Gasteiger partial charge on any atom is 0.347 e. The maximum atomic E-state index is 13.0. The molecule has 0 spiro atoms. The van der Waals surface area contributed by atoms with Crippen LogP contribution in [0, 0.1) is 6.92 Å². The molecule has 0 unspecified atom stereocenters. The first-order chi connectivity index (χ1) is 18.3. The quantitative estimate of drug-likeness (QED) is 0.343. The number of rotatable bonds is 10. The number of amides is 1. The maximum absolute atomic E-state index is 13.0. The van der Waals surface area contributed by atoms with Gasteiger partial charge in [0.05, 0.1) is 52.4 Å². The van der Waals surface area contributed by atoms with Crippen LogP contribution in [0.15, 0.2) is 18.2 Å². The monoisotopic (exact) mass is 544 g/mol. The van der Waals surface area contributed by atoms with Crippen LogP contribution < -0.4 is 29.7 Å². The van der Waals surface area contributed by atoms with Gasteiger partial charge in [0.2, 0.25) is 17.6 Å². The number of hydrogen-bond acceptors (Lipinski definition) is 12. The Labute approximate surface area is 222 Å². The van der Waals surface area contributed by atoms with E-state index >= 15 is 0 Å². The van der Waals surface area contributed by atoms with Gasteiger partial charge in [-0.1, -0.05) is 11.3 Å². The number of benzene rings is 1. The van der Waals surface area contributed by atoms with Gasteiger partial charge in [-0.25, -0.2) is 14.8 Å². The van der Waals surface area contributed by atoms with E-state index in [4.69, 9.17) is 18.9 Å². The van der Waals surface area contributed by atoms with Crippen molar-refractivity contribution in [2.45, 2.75) is 13.3 Å². The lowest BCUT2D eigenvalue weighted by atomic mass is 10.2. The fourth-order valence-corrected chi connectivity index (χ4v) is 4.65. The van der Waals surface area contributed by atoms with E-state index in [0.717, 1.165) is 11.3 Å². The molecule has 38 heavy (non-hydrogen) atoms. The van der Waals surface area contributed by atoms with Crippen molar-refractivity contribution in [2.75, 3.05) is 63.2 Å². The molecule has 1 aliphatic rings. The fourth-order valence-electron chi connectivity index (χ4n) is 3.85. The number of nitrogens with zero attached hydrogens (tertiary/aromatic N) is 4. The third-order valence-electron chi connectivity index (χ3n) is 5.60. The number of hydrogen-bond donors (Lipinski definition) is 3. The number of carboxylic acid groups (broad SMARTS) is 1. The Balaban J connectivity index is 1.59. The van der Waals surface area contributed by atoms with Crippen LogP contribution in [0.2, 0.25) is 0 Å². The van der Waals surface area contributed by atoms with Gasteiger partial charge in [0.1, 0.15) is 10.7 Å². The lowest BCUT2D eigenvalue weighted by Crippen LogP contribution is -2.37. The molecule has 0 aliphatic carbocycles. The SMILES string of the molecule is COc1cc(NC(=O)Cc2cc(N3CCOCC3)nc(Nc3nc(C)c(C(=O)O)s3)n2)cc(OC)c1OC. The molecule has 13 nitrogen and oxygen atoms in total. The third-order valence-corrected chi connectivity index (χ3v) is 6.66. The first kappa shape index (κ1) is 26.9. The molecule has 1 fully saturated rings. The second-order valence-electron chi connectivity index (χ2n) is 8.14. The largest absolute Gasteiger partial charge is 0.493 e. The van der Waals surface area contributed by atoms with Gasteiger partial charge in [0.15, 0.2) is 16.6 Å². The molecular weight excluding hydrogens is 516 g/mol. The highest BCUT2D eigenvalue weighted by atomic mass is 32.1. The van der Waals surface area contributed by atoms with Crippen LogP contribution in [0.1, 0.15) is 21.1 Å². The second-order valence-corrected chi connectivity index (χ2v) is 9.14. The minimum absolute atomic E-state index is 0.0531. The molecule has 0 saturated carbocycles. The number of thiazole rings is 1. The molecule has 1 amide bonds. The number of nitrogens with one attached hydrogen (secondary N) is 2. The highest BCUT2D eigenvalue weighted by Gasteiger charge is 2.20. The Morgan fingerprint density at radius 2 is 1.74 bits per heavy atom. The molecule has 3 heterocycles. The standard InChI is InChI=1S/C24H28N6O7S/c1-13-21(22(32)33)38-24(25-13)29-23-27-15(11-18(28-23)30-5-7-37-8-6-30)12-19(31)26-14-9-16(34-2)20(36-4)17(10-14)35-3/h9-11H,5-8,12H2,1-4H3,(H,26,31)(H,32,33)(H,25,27,28,29). The fraction of sp³-hybridized carbons (Fsp3) is 0.375. The lowest BCUT2D eigenvalue weighted by Gasteiger charge is -2.28. The summed E-state index contributed by atoms with van der Waals surface area (Å²) in [5.74, 6) is 0.673. The van der Waals surface area contributed by atoms with Crippen LogP contribution in [0.4, 0.5) is 22.6 Å². The molecule has 1 saturated heterocycles. The number of anilines is 4. The molecule has 4 rings (SSSR count). The van der Waals surface area contributed by atoms with Crippen LogP contribution in [-0.4, -0.2) is 79.6 Å². The van der Waals surface area contributed by atoms with E-state index in [-0.39, 0.29) is 23.2 Å². The van der Waals surface area contributed by atoms with Crippen molar-refractivity contribution in [1.82, 2.24) is 15.0 Å². The number of methoxy groups -OCH3 is 3. The predicted octanol–water partition coefficient (Wildman–Crippen LogP) is 2.73. The third kappa shape index (κ3) is 6.20. The molecule has 1 aliphatic heterocycles. The molecule has 3 N–H and O–H groups in total. The van der Waals surface area contributed by atoms with E-state index < -0.39 is 5.97 Å². The van der Waals surface area contributed by atoms with Crippen LogP contribution in [-0.2, 0) is 16.0 Å². The molecule has 3 aromatic rings. The minimum Gasteiger partial charge on any atom is -0.493 e. The van der Waals surface area contributed by atoms with E-state index in [1.165, 1.54) is 21.3 Å². The number of aromatic carboxylic acids is 1. The normalized spacial score (nSPS) is 13.1. The van der Waals surface area contributed by atoms with Crippen LogP contribution >= 0.6 is 11.3 Å². The molecule has 14 heteroatoms. The number of aryl methyl sites for hydroxylation is 1. The summed E-state index contributed by atoms with van der Waals surface area (Å²) in [5, 5.41) is 15.5. The van der Waals surface area contributed by atoms with E-state index in [0.29, 0.717) is 71.6 Å². The number of ether oxygens (including phenoxy) is 4. The summed E-state index contributed by atoms with van der Waals surface area (Å²) in [6.07, 6.45) is -0.0531. The summed E-state index contributed by atoms with van der Waals surface area (Å²) in [6.45, 7) is 3.99. The van der Waals surface area contributed by atoms with Crippen molar-refractivity contribution in [2.24, 2.45) is 0 Å². The summed E-state index contributed by atoms with van der Waals surface area (Å²) in [5.41, 5.74) is 1.31. The molecule has 0 radical (unpaired) electrons. The van der Waals surface area contributed by atoms with E-state index in [1.54, 1.807) is 25.1 Å². The van der Waals surface area contributed by atoms with Gasteiger partial charge < -0.3 is 34.3 Å². The number of carbonyl (C=O) groups is 2. The van der Waals surface area contributed by atoms with Gasteiger partial charge >= 0.3 is 5.97 Å². The zero-order chi connectivity index (χ0) is 27.2. The summed E-state index contributed by atoms with van der Waals surface area (Å²) in [6, 6.07) is 5.02. The Bertz CT molecular complexity index is 1300. The average Bonchev–Trinajstić information content (AvgIpc) is 3.28. The van der Waals surface area contributed by atoms with Gasteiger partial charge in [-0.2, -0.15) is 4.98 Å². The topological polar surface area (TPSA) is 157 Å². The first-order valence-electron chi connectivity index (χ1n) is 11.6. The van der Waals surface area contributed by atoms with Crippen molar-refractivity contribution in [3.8, 4) is 17.2 Å². The van der Waals surface area contributed by atoms with Crippen molar-refractivity contribution < 1.29 is 33.6 Å². The van der Waals surface area contributed by atoms with Gasteiger partial charge in [0, 0.05) is 37.0 Å². The lowest BCUT2D eigenvalue weighted by molar-refractivity contribution is -0.115. The van der Waals surface area contributed by atoms with Gasteiger partial charge in [-0.3, -0.25) is 10.1 Å². The predicted molar refractivity (Wildman–Crippen MR) is 141 cm³/mol. The Kier molecular flexibility index (Phi) is 8.43. The number of morpholine rings is 1. The van der Waals surface area contributed by atoms with Gasteiger partial charge in [-0.15, -0.1) is 0 Å². The van der Waals surface area contributed by atoms with Crippen LogP contribution in [0.3, 0.4) is 0 Å². The molecule has 2 aromatic heterocycles. The Morgan fingerprint density at radius 3 is 2.32 bits per heavy atom. The average molecular weight is 545 g/mol. The van der Waals surface area contributed by atoms with Gasteiger partial charge in [0.25, 0.3) is 0 Å². The zero-order valence-corrected chi connectivity index (χ0v) is 22.2. The molecule has 0 bridgehead atoms. The molecule has 202 valence electrons. The van der Waals surface area contributed by atoms with Crippen molar-refractivity contribution in [3.05, 3.63) is 34.5 Å². The molecule has 0 atom stereocenters. The number of aromatic nitrogens is 3. The number of carboxylic acids is 1. The van der Waals surface area contributed by atoms with Crippen molar-refractivity contribution in [3.63, 3.8) is 0 Å². The zero-order valence-electron chi connectivity index (χ0n) is 21.4. The first-order valence-corrected chi connectivity index (χ1v) is 12.4. The van der Waals surface area contributed by atoms with Crippen molar-refractivity contribution >= 4 is 45.8 Å². The summed E-state index contributed by atoms with van der Waals surface area (Å²) >= 11 is 0.987. The number of carbonyl (C=O) groups excluding carboxylic acids is 1. The second kappa shape index (κ2) is 11.9. The highest BCUT2D eigenvalue weighted by Crippen LogP contribution is 2.40. The van der Waals surface area contributed by atoms with Crippen LogP contribution in [0.25, 0.3) is 0 Å².